The lowest BCUT2D eigenvalue weighted by molar-refractivity contribution is -0.127. The summed E-state index contributed by atoms with van der Waals surface area (Å²) in [6, 6.07) is 15.0. The maximum Gasteiger partial charge on any atom is 0.245 e. The Morgan fingerprint density at radius 1 is 1.07 bits per heavy atom. The number of aryl methyl sites for hydroxylation is 2. The first-order chi connectivity index (χ1) is 20.6. The van der Waals surface area contributed by atoms with Crippen molar-refractivity contribution in [2.45, 2.75) is 38.1 Å². The number of pyridine rings is 2. The fourth-order valence-corrected chi connectivity index (χ4v) is 6.28. The smallest absolute Gasteiger partial charge is 0.245 e. The standard InChI is InChI=1S/C23H18N6S.C9H16N2O/c24-20-17(5-2-10-25-20)21-27-18-8-9-19(23-26-11-12-30-23)28-22(18)29(21)16-7-6-14-3-1-4-15(14)13-16;1-3-9(12)11-6-4-8(10-2)5-7-11/h2,5-13H,1,3-4H2,(H2,24,25);3,8,10H,1,4-7H2,2H3. The van der Waals surface area contributed by atoms with E-state index in [1.165, 1.54) is 23.6 Å². The number of amides is 1. The van der Waals surface area contributed by atoms with Gasteiger partial charge < -0.3 is 16.0 Å². The third kappa shape index (κ3) is 5.55. The molecule has 1 aliphatic heterocycles. The number of benzene rings is 1. The van der Waals surface area contributed by atoms with Gasteiger partial charge in [-0.2, -0.15) is 0 Å². The van der Waals surface area contributed by atoms with Crippen LogP contribution in [-0.2, 0) is 17.6 Å². The van der Waals surface area contributed by atoms with Gasteiger partial charge >= 0.3 is 0 Å². The number of piperidine rings is 1. The summed E-state index contributed by atoms with van der Waals surface area (Å²) in [7, 11) is 1.97. The van der Waals surface area contributed by atoms with Gasteiger partial charge in [0.1, 0.15) is 22.0 Å². The van der Waals surface area contributed by atoms with Gasteiger partial charge in [0.25, 0.3) is 0 Å². The monoisotopic (exact) mass is 578 g/mol. The zero-order valence-corrected chi connectivity index (χ0v) is 24.5. The summed E-state index contributed by atoms with van der Waals surface area (Å²) in [4.78, 5) is 31.5. The van der Waals surface area contributed by atoms with Gasteiger partial charge in [-0.15, -0.1) is 11.3 Å². The van der Waals surface area contributed by atoms with Gasteiger partial charge in [0, 0.05) is 42.6 Å². The summed E-state index contributed by atoms with van der Waals surface area (Å²) in [5.74, 6) is 1.26. The van der Waals surface area contributed by atoms with Crippen LogP contribution in [0.4, 0.5) is 5.82 Å². The number of rotatable bonds is 5. The van der Waals surface area contributed by atoms with Crippen LogP contribution >= 0.6 is 11.3 Å². The Kier molecular flexibility index (Phi) is 8.07. The van der Waals surface area contributed by atoms with Crippen molar-refractivity contribution < 1.29 is 4.79 Å². The Bertz CT molecular complexity index is 1720. The van der Waals surface area contributed by atoms with Crippen molar-refractivity contribution in [2.75, 3.05) is 25.9 Å². The summed E-state index contributed by atoms with van der Waals surface area (Å²) >= 11 is 1.57. The van der Waals surface area contributed by atoms with Crippen LogP contribution in [0.2, 0.25) is 0 Å². The Morgan fingerprint density at radius 2 is 1.90 bits per heavy atom. The average Bonchev–Trinajstić information content (AvgIpc) is 3.81. The highest BCUT2D eigenvalue weighted by molar-refractivity contribution is 7.13. The normalized spacial score (nSPS) is 14.8. The minimum Gasteiger partial charge on any atom is -0.383 e. The molecule has 7 rings (SSSR count). The molecule has 1 saturated heterocycles. The number of hydrogen-bond donors (Lipinski definition) is 2. The van der Waals surface area contributed by atoms with Crippen molar-refractivity contribution in [1.29, 1.82) is 0 Å². The average molecular weight is 579 g/mol. The highest BCUT2D eigenvalue weighted by atomic mass is 32.1. The molecule has 2 aliphatic rings. The SMILES string of the molecule is C=CC(=O)N1CCC(NC)CC1.Nc1ncccc1-c1nc2ccc(-c3nccs3)nc2n1-c1ccc2c(c1)CCC2. The Labute approximate surface area is 249 Å². The van der Waals surface area contributed by atoms with Crippen molar-refractivity contribution in [3.8, 4) is 27.8 Å². The van der Waals surface area contributed by atoms with E-state index in [1.807, 2.05) is 41.6 Å². The van der Waals surface area contributed by atoms with Crippen LogP contribution in [0.5, 0.6) is 0 Å². The van der Waals surface area contributed by atoms with Crippen LogP contribution in [0, 0.1) is 0 Å². The van der Waals surface area contributed by atoms with E-state index in [9.17, 15) is 4.79 Å². The predicted molar refractivity (Wildman–Crippen MR) is 169 cm³/mol. The number of imidazole rings is 1. The lowest BCUT2D eigenvalue weighted by Crippen LogP contribution is -2.43. The van der Waals surface area contributed by atoms with Gasteiger partial charge in [-0.25, -0.2) is 19.9 Å². The summed E-state index contributed by atoms with van der Waals surface area (Å²) < 4.78 is 2.10. The lowest BCUT2D eigenvalue weighted by atomic mass is 10.1. The number of anilines is 1. The predicted octanol–water partition coefficient (Wildman–Crippen LogP) is 5.06. The largest absolute Gasteiger partial charge is 0.383 e. The Balaban J connectivity index is 0.000000223. The molecule has 5 heterocycles. The fourth-order valence-electron chi connectivity index (χ4n) is 5.67. The second-order valence-corrected chi connectivity index (χ2v) is 11.4. The van der Waals surface area contributed by atoms with Crippen LogP contribution in [-0.4, -0.2) is 61.5 Å². The van der Waals surface area contributed by atoms with Gasteiger partial charge in [0.05, 0.1) is 5.56 Å². The molecule has 1 aliphatic carbocycles. The molecule has 0 unspecified atom stereocenters. The Hall–Kier alpha value is -4.41. The van der Waals surface area contributed by atoms with Crippen molar-refractivity contribution in [3.05, 3.63) is 84.0 Å². The fraction of sp³-hybridized carbons (Fsp3) is 0.281. The van der Waals surface area contributed by atoms with E-state index in [0.717, 1.165) is 77.7 Å². The number of nitrogens with two attached hydrogens (primary N) is 1. The summed E-state index contributed by atoms with van der Waals surface area (Å²) in [6.07, 6.45) is 10.4. The van der Waals surface area contributed by atoms with Gasteiger partial charge in [0.15, 0.2) is 11.5 Å². The van der Waals surface area contributed by atoms with Crippen LogP contribution in [0.3, 0.4) is 0 Å². The quantitative estimate of drug-likeness (QED) is 0.280. The van der Waals surface area contributed by atoms with E-state index in [-0.39, 0.29) is 5.91 Å². The number of nitrogen functional groups attached to an aromatic ring is 1. The second-order valence-electron chi connectivity index (χ2n) is 10.5. The number of aromatic nitrogens is 5. The van der Waals surface area contributed by atoms with Crippen LogP contribution in [0.25, 0.3) is 38.9 Å². The molecule has 10 heteroatoms. The van der Waals surface area contributed by atoms with Gasteiger partial charge in [-0.1, -0.05) is 12.6 Å². The molecular weight excluding hydrogens is 544 g/mol. The minimum atomic E-state index is 0.0598. The third-order valence-corrected chi connectivity index (χ3v) is 8.76. The van der Waals surface area contributed by atoms with Crippen molar-refractivity contribution in [3.63, 3.8) is 0 Å². The summed E-state index contributed by atoms with van der Waals surface area (Å²) in [6.45, 7) is 5.18. The number of carbonyl (C=O) groups is 1. The molecule has 0 atom stereocenters. The molecular formula is C32H34N8OS. The highest BCUT2D eigenvalue weighted by Gasteiger charge is 2.21. The van der Waals surface area contributed by atoms with Gasteiger partial charge in [-0.3, -0.25) is 9.36 Å². The van der Waals surface area contributed by atoms with Gasteiger partial charge in [0.2, 0.25) is 5.91 Å². The number of fused-ring (bicyclic) bond motifs is 2. The van der Waals surface area contributed by atoms with Crippen LogP contribution in [0.15, 0.2) is 72.9 Å². The number of likely N-dealkylation sites (tertiary alicyclic amines) is 1. The molecule has 1 fully saturated rings. The molecule has 42 heavy (non-hydrogen) atoms. The first-order valence-electron chi connectivity index (χ1n) is 14.3. The molecule has 0 spiro atoms. The zero-order chi connectivity index (χ0) is 29.1. The number of nitrogens with zero attached hydrogens (tertiary/aromatic N) is 6. The molecule has 1 amide bonds. The van der Waals surface area contributed by atoms with E-state index in [1.54, 1.807) is 23.7 Å². The maximum atomic E-state index is 11.1. The molecule has 9 nitrogen and oxygen atoms in total. The molecule has 214 valence electrons. The Morgan fingerprint density at radius 3 is 2.64 bits per heavy atom. The van der Waals surface area contributed by atoms with Crippen molar-refractivity contribution in [1.82, 2.24) is 34.7 Å². The van der Waals surface area contributed by atoms with Crippen LogP contribution in [0.1, 0.15) is 30.4 Å². The van der Waals surface area contributed by atoms with Crippen molar-refractivity contribution >= 4 is 34.2 Å². The van der Waals surface area contributed by atoms with E-state index < -0.39 is 0 Å². The molecule has 5 aromatic rings. The minimum absolute atomic E-state index is 0.0598. The van der Waals surface area contributed by atoms with Crippen molar-refractivity contribution in [2.24, 2.45) is 0 Å². The molecule has 3 N–H and O–H groups in total. The third-order valence-electron chi connectivity index (χ3n) is 7.97. The number of carbonyl (C=O) groups excluding carboxylic acids is 1. The topological polar surface area (TPSA) is 115 Å². The number of nitrogens with one attached hydrogen (secondary N) is 1. The highest BCUT2D eigenvalue weighted by Crippen LogP contribution is 2.33. The molecule has 0 bridgehead atoms. The van der Waals surface area contributed by atoms with E-state index in [0.29, 0.717) is 11.9 Å². The first kappa shape index (κ1) is 27.7. The van der Waals surface area contributed by atoms with Gasteiger partial charge in [-0.05, 0) is 92.8 Å². The van der Waals surface area contributed by atoms with E-state index in [4.69, 9.17) is 15.7 Å². The second kappa shape index (κ2) is 12.2. The van der Waals surface area contributed by atoms with E-state index in [2.05, 4.69) is 44.6 Å². The first-order valence-corrected chi connectivity index (χ1v) is 15.1. The lowest BCUT2D eigenvalue weighted by Gasteiger charge is -2.30. The summed E-state index contributed by atoms with van der Waals surface area (Å²) in [5.41, 5.74) is 13.3. The summed E-state index contributed by atoms with van der Waals surface area (Å²) in [5, 5.41) is 6.07. The van der Waals surface area contributed by atoms with Crippen LogP contribution < -0.4 is 11.1 Å². The zero-order valence-electron chi connectivity index (χ0n) is 23.7. The number of hydrogen-bond acceptors (Lipinski definition) is 8. The molecule has 4 aromatic heterocycles. The van der Waals surface area contributed by atoms with E-state index >= 15 is 0 Å². The number of thiazole rings is 1. The molecule has 0 radical (unpaired) electrons. The molecule has 0 saturated carbocycles. The maximum absolute atomic E-state index is 11.1. The molecule has 1 aromatic carbocycles.